The van der Waals surface area contributed by atoms with Crippen molar-refractivity contribution in [2.45, 2.75) is 39.0 Å². The molecule has 0 unspecified atom stereocenters. The highest BCUT2D eigenvalue weighted by molar-refractivity contribution is 8.00. The molecule has 0 saturated heterocycles. The molecular weight excluding hydrogens is 937 g/mol. The van der Waals surface area contributed by atoms with Crippen LogP contribution in [-0.2, 0) is 19.4 Å². The van der Waals surface area contributed by atoms with Gasteiger partial charge < -0.3 is 42.2 Å². The van der Waals surface area contributed by atoms with Crippen LogP contribution in [0, 0.1) is 0 Å². The summed E-state index contributed by atoms with van der Waals surface area (Å²) in [6, 6.07) is 48.5. The van der Waals surface area contributed by atoms with E-state index in [9.17, 15) is 4.79 Å². The predicted octanol–water partition coefficient (Wildman–Crippen LogP) is 12.3. The highest BCUT2D eigenvalue weighted by Crippen LogP contribution is 2.49. The van der Waals surface area contributed by atoms with Crippen LogP contribution in [0.25, 0.3) is 0 Å². The number of fused-ring (bicyclic) bond motifs is 4. The van der Waals surface area contributed by atoms with Crippen LogP contribution in [0.4, 0.5) is 34.1 Å². The summed E-state index contributed by atoms with van der Waals surface area (Å²) in [5.74, 6) is 2.33. The number of benzene rings is 6. The van der Waals surface area contributed by atoms with Gasteiger partial charge in [-0.3, -0.25) is 4.79 Å². The van der Waals surface area contributed by atoms with E-state index in [-0.39, 0.29) is 5.91 Å². The summed E-state index contributed by atoms with van der Waals surface area (Å²) in [7, 11) is 3.31. The second kappa shape index (κ2) is 22.4. The number of ether oxygens (including phenoxy) is 2. The van der Waals surface area contributed by atoms with E-state index in [1.165, 1.54) is 15.4 Å². The number of nitrogens with one attached hydrogen (secondary N) is 4. The van der Waals surface area contributed by atoms with Crippen molar-refractivity contribution in [3.05, 3.63) is 188 Å². The van der Waals surface area contributed by atoms with E-state index in [1.807, 2.05) is 102 Å². The minimum atomic E-state index is -0.170. The lowest BCUT2D eigenvalue weighted by atomic mass is 10.1. The number of nitrogens with zero attached hydrogens (tertiary/aromatic N) is 2. The Labute approximate surface area is 418 Å². The van der Waals surface area contributed by atoms with Crippen molar-refractivity contribution in [3.8, 4) is 11.5 Å². The zero-order chi connectivity index (χ0) is 47.5. The zero-order valence-electron chi connectivity index (χ0n) is 38.0. The van der Waals surface area contributed by atoms with Gasteiger partial charge in [0.1, 0.15) is 28.7 Å². The van der Waals surface area contributed by atoms with Crippen molar-refractivity contribution in [3.63, 3.8) is 0 Å². The minimum absolute atomic E-state index is 0.170. The molecule has 15 heteroatoms. The van der Waals surface area contributed by atoms with Crippen molar-refractivity contribution in [1.29, 1.82) is 0 Å². The molecule has 8 N–H and O–H groups in total. The maximum atomic E-state index is 13.2. The maximum Gasteiger partial charge on any atom is 0.257 e. The summed E-state index contributed by atoms with van der Waals surface area (Å²) in [5, 5.41) is 17.6. The van der Waals surface area contributed by atoms with Crippen LogP contribution in [0.1, 0.15) is 36.8 Å². The lowest BCUT2D eigenvalue weighted by molar-refractivity contribution is 0.0951. The number of hydrogen-bond donors (Lipinski definition) is 6. The van der Waals surface area contributed by atoms with Crippen LogP contribution >= 0.6 is 46.2 Å². The average Bonchev–Trinajstić information content (AvgIpc) is 4.14. The highest BCUT2D eigenvalue weighted by Gasteiger charge is 2.25. The predicted molar refractivity (Wildman–Crippen MR) is 287 cm³/mol. The molecule has 0 atom stereocenters. The first-order valence-corrected chi connectivity index (χ1v) is 25.6. The first kappa shape index (κ1) is 47.1. The smallest absolute Gasteiger partial charge is 0.257 e. The lowest BCUT2D eigenvalue weighted by Gasteiger charge is -2.25. The van der Waals surface area contributed by atoms with E-state index in [2.05, 4.69) is 85.8 Å². The molecule has 348 valence electrons. The van der Waals surface area contributed by atoms with Crippen LogP contribution in [0.5, 0.6) is 11.5 Å². The van der Waals surface area contributed by atoms with Crippen molar-refractivity contribution < 1.29 is 14.3 Å². The highest BCUT2D eigenvalue weighted by atomic mass is 32.2. The Kier molecular flexibility index (Phi) is 15.3. The second-order valence-corrected chi connectivity index (χ2v) is 19.9. The number of rotatable bonds is 15. The Morgan fingerprint density at radius 2 is 1.07 bits per heavy atom. The Morgan fingerprint density at radius 1 is 0.565 bits per heavy atom. The number of anilines is 4. The monoisotopic (exact) mass is 986 g/mol. The first-order valence-electron chi connectivity index (χ1n) is 22.2. The molecule has 2 aliphatic heterocycles. The molecule has 8 aromatic rings. The quantitative estimate of drug-likeness (QED) is 0.0331. The summed E-state index contributed by atoms with van der Waals surface area (Å²) in [6.45, 7) is 2.08. The van der Waals surface area contributed by atoms with E-state index in [0.717, 1.165) is 90.1 Å². The van der Waals surface area contributed by atoms with E-state index >= 15 is 0 Å². The molecule has 10 rings (SSSR count). The third kappa shape index (κ3) is 11.5. The van der Waals surface area contributed by atoms with Gasteiger partial charge in [0.2, 0.25) is 0 Å². The fraction of sp³-hybridized carbons (Fsp3) is 0.130. The number of nitrogens with two attached hydrogens (primary N) is 2. The molecule has 6 aromatic carbocycles. The largest absolute Gasteiger partial charge is 0.496 e. The van der Waals surface area contributed by atoms with Crippen molar-refractivity contribution >= 4 is 97.9 Å². The Morgan fingerprint density at radius 3 is 1.61 bits per heavy atom. The van der Waals surface area contributed by atoms with Gasteiger partial charge in [-0.2, -0.15) is 0 Å². The number of thiophene rings is 2. The summed E-state index contributed by atoms with van der Waals surface area (Å²) in [6.07, 6.45) is 1.62. The summed E-state index contributed by atoms with van der Waals surface area (Å²) in [5.41, 5.74) is 21.9. The van der Waals surface area contributed by atoms with E-state index in [1.54, 1.807) is 60.4 Å². The molecule has 2 aliphatic rings. The SMILES string of the molecule is COc1ccc2c(c1C(=O)NCCc1ccc(N=C(N)c3cccs3)cc1)Nc1ccccc1S2.COc1ccc2c(c1CNCCc1ccc(N=C(N)c3cccs3)cc1)Nc1ccccc1S2. The molecule has 0 saturated carbocycles. The number of methoxy groups -OCH3 is 2. The lowest BCUT2D eigenvalue weighted by Crippen LogP contribution is -2.27. The Balaban J connectivity index is 0.000000172. The third-order valence-corrected chi connectivity index (χ3v) is 15.3. The Bertz CT molecular complexity index is 3100. The maximum absolute atomic E-state index is 13.2. The number of amidine groups is 2. The van der Waals surface area contributed by atoms with Crippen LogP contribution < -0.4 is 42.2 Å². The van der Waals surface area contributed by atoms with Crippen LogP contribution in [0.15, 0.2) is 186 Å². The molecule has 0 fully saturated rings. The standard InChI is InChI=1S/C27H24N4O2S2.C27H26N4OS2/c1-33-20-12-13-22-25(31-19-5-2-3-6-21(19)35-22)24(20)27(32)29-15-14-17-8-10-18(11-9-17)30-26(28)23-7-4-16-34-23;1-32-22-12-13-24-26(31-21-5-2-3-6-23(21)34-24)20(22)17-29-15-14-18-8-10-19(11-9-18)30-27(28)25-7-4-16-33-25/h2-13,16,31H,14-15H2,1H3,(H2,28,30)(H,29,32);2-13,16,29,31H,14-15,17H2,1H3,(H2,28,30). The van der Waals surface area contributed by atoms with Crippen LogP contribution in [0.3, 0.4) is 0 Å². The summed E-state index contributed by atoms with van der Waals surface area (Å²) < 4.78 is 11.2. The van der Waals surface area contributed by atoms with Crippen LogP contribution in [-0.4, -0.2) is 44.9 Å². The van der Waals surface area contributed by atoms with Crippen molar-refractivity contribution in [2.24, 2.45) is 21.5 Å². The molecule has 1 amide bonds. The second-order valence-electron chi connectivity index (χ2n) is 15.8. The average molecular weight is 987 g/mol. The molecule has 69 heavy (non-hydrogen) atoms. The van der Waals surface area contributed by atoms with Gasteiger partial charge in [-0.05, 0) is 126 Å². The van der Waals surface area contributed by atoms with Crippen molar-refractivity contribution in [1.82, 2.24) is 10.6 Å². The van der Waals surface area contributed by atoms with Crippen molar-refractivity contribution in [2.75, 3.05) is 37.9 Å². The van der Waals surface area contributed by atoms with Gasteiger partial charge in [0.15, 0.2) is 0 Å². The topological polar surface area (TPSA) is 160 Å². The van der Waals surface area contributed by atoms with Gasteiger partial charge in [0.05, 0.1) is 58.1 Å². The molecule has 0 bridgehead atoms. The number of carbonyl (C=O) groups is 1. The fourth-order valence-electron chi connectivity index (χ4n) is 7.76. The van der Waals surface area contributed by atoms with E-state index in [0.29, 0.717) is 35.9 Å². The zero-order valence-corrected chi connectivity index (χ0v) is 41.2. The summed E-state index contributed by atoms with van der Waals surface area (Å²) in [4.78, 5) is 28.7. The Hall–Kier alpha value is -7.01. The van der Waals surface area contributed by atoms with Gasteiger partial charge in [0, 0.05) is 38.2 Å². The molecule has 0 radical (unpaired) electrons. The molecule has 0 spiro atoms. The molecule has 2 aromatic heterocycles. The van der Waals surface area contributed by atoms with E-state index < -0.39 is 0 Å². The van der Waals surface area contributed by atoms with Gasteiger partial charge in [-0.25, -0.2) is 9.98 Å². The number of carbonyl (C=O) groups excluding carboxylic acids is 1. The molecule has 11 nitrogen and oxygen atoms in total. The first-order chi connectivity index (χ1) is 33.8. The van der Waals surface area contributed by atoms with E-state index in [4.69, 9.17) is 20.9 Å². The number of para-hydroxylation sites is 2. The summed E-state index contributed by atoms with van der Waals surface area (Å²) >= 11 is 6.59. The molecular formula is C54H50N8O3S4. The van der Waals surface area contributed by atoms with Gasteiger partial charge >= 0.3 is 0 Å². The third-order valence-electron chi connectivity index (χ3n) is 11.3. The molecule has 4 heterocycles. The number of aliphatic imine (C=N–C) groups is 2. The number of hydrogen-bond acceptors (Lipinski definition) is 12. The number of amides is 1. The minimum Gasteiger partial charge on any atom is -0.496 e. The van der Waals surface area contributed by atoms with Gasteiger partial charge in [-0.15, -0.1) is 22.7 Å². The van der Waals surface area contributed by atoms with Crippen LogP contribution in [0.2, 0.25) is 0 Å². The van der Waals surface area contributed by atoms with Gasteiger partial charge in [-0.1, -0.05) is 84.2 Å². The van der Waals surface area contributed by atoms with Gasteiger partial charge in [0.25, 0.3) is 5.91 Å². The molecule has 0 aliphatic carbocycles. The fourth-order valence-corrected chi connectivity index (χ4v) is 11.0. The normalized spacial score (nSPS) is 12.4.